The molecule has 0 radical (unpaired) electrons. The Balaban J connectivity index is 1.01. The maximum atomic E-state index is 6.53. The molecule has 6 heteroatoms. The van der Waals surface area contributed by atoms with Crippen LogP contribution in [0.3, 0.4) is 0 Å². The van der Waals surface area contributed by atoms with Crippen LogP contribution < -0.4 is 9.80 Å². The largest absolute Gasteiger partial charge is 0.456 e. The van der Waals surface area contributed by atoms with E-state index in [4.69, 9.17) is 8.83 Å². The molecule has 0 amide bonds. The second-order valence-electron chi connectivity index (χ2n) is 13.7. The molecule has 54 heavy (non-hydrogen) atoms. The molecule has 0 fully saturated rings. The van der Waals surface area contributed by atoms with Gasteiger partial charge in [0.2, 0.25) is 0 Å². The van der Waals surface area contributed by atoms with Crippen molar-refractivity contribution in [3.63, 3.8) is 0 Å². The van der Waals surface area contributed by atoms with E-state index in [0.717, 1.165) is 66.4 Å². The van der Waals surface area contributed by atoms with Crippen molar-refractivity contribution in [3.05, 3.63) is 170 Å². The van der Waals surface area contributed by atoms with Crippen molar-refractivity contribution in [2.45, 2.75) is 19.6 Å². The fourth-order valence-electron chi connectivity index (χ4n) is 8.21. The molecule has 4 nitrogen and oxygen atoms in total. The lowest BCUT2D eigenvalue weighted by Gasteiger charge is -2.33. The van der Waals surface area contributed by atoms with Crippen LogP contribution in [0.25, 0.3) is 55.0 Å². The Kier molecular flexibility index (Phi) is 6.47. The second kappa shape index (κ2) is 11.6. The number of hydrogen-bond acceptors (Lipinski definition) is 6. The van der Waals surface area contributed by atoms with E-state index < -0.39 is 0 Å². The minimum absolute atomic E-state index is 0.869. The Morgan fingerprint density at radius 3 is 1.37 bits per heavy atom. The van der Waals surface area contributed by atoms with Crippen LogP contribution in [0.5, 0.6) is 0 Å². The molecule has 0 spiro atoms. The zero-order valence-corrected chi connectivity index (χ0v) is 30.3. The lowest BCUT2D eigenvalue weighted by atomic mass is 9.99. The van der Waals surface area contributed by atoms with Gasteiger partial charge >= 0.3 is 0 Å². The van der Waals surface area contributed by atoms with E-state index in [-0.39, 0.29) is 0 Å². The molecule has 0 bridgehead atoms. The summed E-state index contributed by atoms with van der Waals surface area (Å²) < 4.78 is 13.0. The van der Waals surface area contributed by atoms with Crippen LogP contribution in [0, 0.1) is 0 Å². The predicted octanol–water partition coefficient (Wildman–Crippen LogP) is 15.0. The SMILES string of the molecule is c1ccc2c(c1)Sc1ccccc1N2c1ccc2oc3ccc(-c4ccc5oc6cccc(N7c8ccccc8Sc8ccccc87)c6c5c4)cc3c2c1. The summed E-state index contributed by atoms with van der Waals surface area (Å²) in [6.07, 6.45) is 0. The normalized spacial score (nSPS) is 13.3. The summed E-state index contributed by atoms with van der Waals surface area (Å²) in [5, 5.41) is 4.38. The average molecular weight is 729 g/mol. The summed E-state index contributed by atoms with van der Waals surface area (Å²) in [5.74, 6) is 0. The first-order chi connectivity index (χ1) is 26.7. The first-order valence-corrected chi connectivity index (χ1v) is 19.6. The third kappa shape index (κ3) is 4.47. The van der Waals surface area contributed by atoms with Gasteiger partial charge in [0.05, 0.1) is 33.8 Å². The fraction of sp³-hybridized carbons (Fsp3) is 0. The minimum atomic E-state index is 0.869. The lowest BCUT2D eigenvalue weighted by Crippen LogP contribution is -2.14. The van der Waals surface area contributed by atoms with Gasteiger partial charge in [0.1, 0.15) is 22.3 Å². The van der Waals surface area contributed by atoms with E-state index in [1.807, 2.05) is 23.5 Å². The standard InChI is InChI=1S/C48H28N2O2S2/c1-5-16-44-35(10-1)49(36-11-2-6-17-45(36)53-44)31-22-25-41-33(28-31)32-26-29(20-23-40(32)51-41)30-21-24-42-34(27-30)48-39(14-9-15-43(48)52-42)50-37-12-3-7-18-46(37)54-47-19-8-4-13-38(47)50/h1-28H. The van der Waals surface area contributed by atoms with Crippen molar-refractivity contribution in [3.8, 4) is 11.1 Å². The van der Waals surface area contributed by atoms with Crippen LogP contribution in [0.2, 0.25) is 0 Å². The van der Waals surface area contributed by atoms with Crippen LogP contribution in [-0.4, -0.2) is 0 Å². The van der Waals surface area contributed by atoms with E-state index in [1.165, 1.54) is 42.3 Å². The number of nitrogens with zero attached hydrogens (tertiary/aromatic N) is 2. The number of anilines is 6. The minimum Gasteiger partial charge on any atom is -0.456 e. The highest BCUT2D eigenvalue weighted by Crippen LogP contribution is 2.54. The topological polar surface area (TPSA) is 32.8 Å². The van der Waals surface area contributed by atoms with Crippen LogP contribution in [0.1, 0.15) is 0 Å². The van der Waals surface area contributed by atoms with Gasteiger partial charge in [-0.1, -0.05) is 90.3 Å². The number of benzene rings is 8. The predicted molar refractivity (Wildman–Crippen MR) is 224 cm³/mol. The molecule has 0 aliphatic carbocycles. The van der Waals surface area contributed by atoms with Crippen LogP contribution in [0.15, 0.2) is 198 Å². The summed E-state index contributed by atoms with van der Waals surface area (Å²) in [7, 11) is 0. The third-order valence-electron chi connectivity index (χ3n) is 10.6. The lowest BCUT2D eigenvalue weighted by molar-refractivity contribution is 0.668. The van der Waals surface area contributed by atoms with E-state index in [9.17, 15) is 0 Å². The fourth-order valence-corrected chi connectivity index (χ4v) is 10.3. The monoisotopic (exact) mass is 728 g/mol. The van der Waals surface area contributed by atoms with Gasteiger partial charge in [0, 0.05) is 41.4 Å². The smallest absolute Gasteiger partial charge is 0.137 e. The van der Waals surface area contributed by atoms with E-state index in [0.29, 0.717) is 0 Å². The summed E-state index contributed by atoms with van der Waals surface area (Å²) >= 11 is 3.64. The van der Waals surface area contributed by atoms with Crippen LogP contribution >= 0.6 is 23.5 Å². The summed E-state index contributed by atoms with van der Waals surface area (Å²) in [4.78, 5) is 9.72. The zero-order chi connectivity index (χ0) is 35.3. The Hall–Kier alpha value is -6.34. The summed E-state index contributed by atoms with van der Waals surface area (Å²) in [5.41, 5.74) is 12.7. The average Bonchev–Trinajstić information content (AvgIpc) is 3.79. The van der Waals surface area contributed by atoms with Crippen LogP contribution in [-0.2, 0) is 0 Å². The van der Waals surface area contributed by atoms with Gasteiger partial charge in [0.25, 0.3) is 0 Å². The van der Waals surface area contributed by atoms with Gasteiger partial charge in [-0.05, 0) is 114 Å². The first-order valence-electron chi connectivity index (χ1n) is 18.0. The molecule has 0 unspecified atom stereocenters. The molecular weight excluding hydrogens is 701 g/mol. The van der Waals surface area contributed by atoms with E-state index >= 15 is 0 Å². The summed E-state index contributed by atoms with van der Waals surface area (Å²) in [6.45, 7) is 0. The summed E-state index contributed by atoms with van der Waals surface area (Å²) in [6, 6.07) is 60.6. The van der Waals surface area contributed by atoms with Gasteiger partial charge < -0.3 is 18.6 Å². The van der Waals surface area contributed by atoms with Gasteiger partial charge in [-0.25, -0.2) is 0 Å². The van der Waals surface area contributed by atoms with Crippen molar-refractivity contribution >= 4 is 102 Å². The van der Waals surface area contributed by atoms with Crippen molar-refractivity contribution in [1.82, 2.24) is 0 Å². The van der Waals surface area contributed by atoms with Gasteiger partial charge in [-0.3, -0.25) is 0 Å². The first kappa shape index (κ1) is 30.2. The highest BCUT2D eigenvalue weighted by molar-refractivity contribution is 8.00. The molecule has 2 aliphatic rings. The Morgan fingerprint density at radius 2 is 0.778 bits per heavy atom. The Labute approximate surface area is 319 Å². The molecule has 0 saturated carbocycles. The molecule has 0 saturated heterocycles. The molecular formula is C48H28N2O2S2. The third-order valence-corrected chi connectivity index (χ3v) is 12.9. The molecule has 2 aromatic heterocycles. The van der Waals surface area contributed by atoms with E-state index in [2.05, 4.69) is 180 Å². The highest BCUT2D eigenvalue weighted by atomic mass is 32.2. The quantitative estimate of drug-likeness (QED) is 0.180. The Bertz CT molecular complexity index is 3070. The molecule has 12 rings (SSSR count). The van der Waals surface area contributed by atoms with Crippen molar-refractivity contribution in [1.29, 1.82) is 0 Å². The molecule has 0 atom stereocenters. The highest BCUT2D eigenvalue weighted by Gasteiger charge is 2.28. The van der Waals surface area contributed by atoms with Gasteiger partial charge in [-0.15, -0.1) is 0 Å². The van der Waals surface area contributed by atoms with Crippen molar-refractivity contribution in [2.75, 3.05) is 9.80 Å². The molecule has 4 heterocycles. The van der Waals surface area contributed by atoms with Crippen LogP contribution in [0.4, 0.5) is 34.1 Å². The molecule has 8 aromatic carbocycles. The number of hydrogen-bond donors (Lipinski definition) is 0. The van der Waals surface area contributed by atoms with Gasteiger partial charge in [-0.2, -0.15) is 0 Å². The zero-order valence-electron chi connectivity index (χ0n) is 28.7. The number of rotatable bonds is 3. The van der Waals surface area contributed by atoms with Crippen molar-refractivity contribution in [2.24, 2.45) is 0 Å². The molecule has 254 valence electrons. The number of furan rings is 2. The number of para-hydroxylation sites is 4. The number of fused-ring (bicyclic) bond motifs is 10. The Morgan fingerprint density at radius 1 is 0.333 bits per heavy atom. The van der Waals surface area contributed by atoms with Gasteiger partial charge in [0.15, 0.2) is 0 Å². The van der Waals surface area contributed by atoms with E-state index in [1.54, 1.807) is 0 Å². The molecule has 0 N–H and O–H groups in total. The maximum Gasteiger partial charge on any atom is 0.137 e. The molecule has 2 aliphatic heterocycles. The maximum absolute atomic E-state index is 6.53. The second-order valence-corrected chi connectivity index (χ2v) is 15.9. The molecule has 10 aromatic rings. The van der Waals surface area contributed by atoms with Crippen molar-refractivity contribution < 1.29 is 8.83 Å².